The molecule has 1 N–H and O–H groups in total. The van der Waals surface area contributed by atoms with E-state index >= 15 is 0 Å². The predicted octanol–water partition coefficient (Wildman–Crippen LogP) is 5.63. The molecular weight excluding hydrogens is 590 g/mol. The second-order valence-electron chi connectivity index (χ2n) is 9.87. The van der Waals surface area contributed by atoms with Crippen LogP contribution in [0.15, 0.2) is 88.2 Å². The third-order valence-corrected chi connectivity index (χ3v) is 8.13. The van der Waals surface area contributed by atoms with E-state index in [0.717, 1.165) is 4.31 Å². The number of anilines is 1. The molecule has 0 saturated heterocycles. The summed E-state index contributed by atoms with van der Waals surface area (Å²) in [6.07, 6.45) is 0. The highest BCUT2D eigenvalue weighted by molar-refractivity contribution is 9.10. The fourth-order valence-electron chi connectivity index (χ4n) is 3.77. The number of amides is 2. The zero-order valence-corrected chi connectivity index (χ0v) is 24.8. The number of hydrogen-bond acceptors (Lipinski definition) is 4. The van der Waals surface area contributed by atoms with Crippen LogP contribution in [0.4, 0.5) is 5.69 Å². The minimum absolute atomic E-state index is 0.0488. The van der Waals surface area contributed by atoms with Gasteiger partial charge >= 0.3 is 0 Å². The third kappa shape index (κ3) is 7.82. The lowest BCUT2D eigenvalue weighted by atomic mass is 10.1. The SMILES string of the molecule is CC(C(=O)NC(C)(C)C)N(Cc1cccc(Cl)c1)C(=O)CN(c1cccc(Br)c1)S(=O)(=O)c1ccccc1. The Kier molecular flexibility index (Phi) is 9.62. The fourth-order valence-corrected chi connectivity index (χ4v) is 5.80. The molecule has 0 aliphatic rings. The number of rotatable bonds is 9. The van der Waals surface area contributed by atoms with Crippen LogP contribution in [0.3, 0.4) is 0 Å². The van der Waals surface area contributed by atoms with Gasteiger partial charge in [0.1, 0.15) is 12.6 Å². The Morgan fingerprint density at radius 1 is 0.974 bits per heavy atom. The summed E-state index contributed by atoms with van der Waals surface area (Å²) in [5, 5.41) is 3.39. The Balaban J connectivity index is 2.03. The first-order valence-corrected chi connectivity index (χ1v) is 14.6. The van der Waals surface area contributed by atoms with Crippen molar-refractivity contribution in [2.45, 2.75) is 50.7 Å². The van der Waals surface area contributed by atoms with Gasteiger partial charge in [0.15, 0.2) is 0 Å². The van der Waals surface area contributed by atoms with Gasteiger partial charge < -0.3 is 10.2 Å². The van der Waals surface area contributed by atoms with Crippen molar-refractivity contribution in [1.29, 1.82) is 0 Å². The van der Waals surface area contributed by atoms with Crippen LogP contribution in [0.1, 0.15) is 33.3 Å². The Morgan fingerprint density at radius 2 is 1.63 bits per heavy atom. The molecule has 202 valence electrons. The van der Waals surface area contributed by atoms with Crippen molar-refractivity contribution in [3.8, 4) is 0 Å². The molecule has 0 saturated carbocycles. The van der Waals surface area contributed by atoms with Crippen LogP contribution in [-0.2, 0) is 26.2 Å². The summed E-state index contributed by atoms with van der Waals surface area (Å²) in [4.78, 5) is 28.4. The second-order valence-corrected chi connectivity index (χ2v) is 13.1. The minimum Gasteiger partial charge on any atom is -0.350 e. The monoisotopic (exact) mass is 619 g/mol. The Labute approximate surface area is 238 Å². The Morgan fingerprint density at radius 3 is 2.24 bits per heavy atom. The highest BCUT2D eigenvalue weighted by Gasteiger charge is 2.33. The van der Waals surface area contributed by atoms with Gasteiger partial charge in [-0.1, -0.05) is 63.9 Å². The minimum atomic E-state index is -4.11. The van der Waals surface area contributed by atoms with Gasteiger partial charge in [-0.05, 0) is 75.7 Å². The zero-order valence-electron chi connectivity index (χ0n) is 21.7. The number of carbonyl (C=O) groups is 2. The van der Waals surface area contributed by atoms with Gasteiger partial charge in [0, 0.05) is 21.6 Å². The van der Waals surface area contributed by atoms with Crippen LogP contribution in [0.25, 0.3) is 0 Å². The Hall–Kier alpha value is -2.88. The molecule has 0 heterocycles. The van der Waals surface area contributed by atoms with Crippen LogP contribution >= 0.6 is 27.5 Å². The first-order chi connectivity index (χ1) is 17.8. The molecule has 1 atom stereocenters. The molecule has 0 aliphatic heterocycles. The number of nitrogens with zero attached hydrogens (tertiary/aromatic N) is 2. The number of benzene rings is 3. The molecule has 3 aromatic carbocycles. The molecule has 0 aliphatic carbocycles. The molecular formula is C28H31BrClN3O4S. The van der Waals surface area contributed by atoms with E-state index in [1.165, 1.54) is 17.0 Å². The van der Waals surface area contributed by atoms with Crippen LogP contribution in [0, 0.1) is 0 Å². The maximum Gasteiger partial charge on any atom is 0.264 e. The van der Waals surface area contributed by atoms with Gasteiger partial charge in [0.05, 0.1) is 10.6 Å². The maximum atomic E-state index is 13.9. The number of sulfonamides is 1. The summed E-state index contributed by atoms with van der Waals surface area (Å²) in [6.45, 7) is 6.72. The van der Waals surface area contributed by atoms with Crippen LogP contribution < -0.4 is 9.62 Å². The topological polar surface area (TPSA) is 86.8 Å². The highest BCUT2D eigenvalue weighted by atomic mass is 79.9. The lowest BCUT2D eigenvalue weighted by Gasteiger charge is -2.33. The van der Waals surface area contributed by atoms with Crippen molar-refractivity contribution in [1.82, 2.24) is 10.2 Å². The fraction of sp³-hybridized carbons (Fsp3) is 0.286. The van der Waals surface area contributed by atoms with Gasteiger partial charge in [-0.2, -0.15) is 0 Å². The molecule has 1 unspecified atom stereocenters. The van der Waals surface area contributed by atoms with E-state index in [1.54, 1.807) is 73.7 Å². The van der Waals surface area contributed by atoms with Gasteiger partial charge in [0.25, 0.3) is 10.0 Å². The van der Waals surface area contributed by atoms with E-state index in [9.17, 15) is 18.0 Å². The normalized spacial score (nSPS) is 12.5. The first kappa shape index (κ1) is 29.7. The maximum absolute atomic E-state index is 13.9. The van der Waals surface area contributed by atoms with Crippen LogP contribution in [0.2, 0.25) is 5.02 Å². The lowest BCUT2D eigenvalue weighted by Crippen LogP contribution is -2.54. The standard InChI is InChI=1S/C28H31BrClN3O4S/c1-20(27(35)31-28(2,3)4)32(18-21-10-8-12-23(30)16-21)26(34)19-33(24-13-9-11-22(29)17-24)38(36,37)25-14-6-5-7-15-25/h5-17,20H,18-19H2,1-4H3,(H,31,35). The summed E-state index contributed by atoms with van der Waals surface area (Å²) in [5.74, 6) is -0.895. The molecule has 38 heavy (non-hydrogen) atoms. The molecule has 0 radical (unpaired) electrons. The number of halogens is 2. The number of nitrogens with one attached hydrogen (secondary N) is 1. The largest absolute Gasteiger partial charge is 0.350 e. The smallest absolute Gasteiger partial charge is 0.264 e. The molecule has 0 bridgehead atoms. The molecule has 0 fully saturated rings. The molecule has 3 aromatic rings. The van der Waals surface area contributed by atoms with Gasteiger partial charge in [-0.25, -0.2) is 8.42 Å². The molecule has 2 amide bonds. The van der Waals surface area contributed by atoms with Crippen molar-refractivity contribution in [2.75, 3.05) is 10.8 Å². The van der Waals surface area contributed by atoms with Gasteiger partial charge in [-0.15, -0.1) is 0 Å². The summed E-state index contributed by atoms with van der Waals surface area (Å²) in [5.41, 5.74) is 0.502. The van der Waals surface area contributed by atoms with Crippen molar-refractivity contribution in [3.63, 3.8) is 0 Å². The van der Waals surface area contributed by atoms with Crippen molar-refractivity contribution >= 4 is 55.1 Å². The highest BCUT2D eigenvalue weighted by Crippen LogP contribution is 2.27. The predicted molar refractivity (Wildman–Crippen MR) is 154 cm³/mol. The van der Waals surface area contributed by atoms with Gasteiger partial charge in [-0.3, -0.25) is 13.9 Å². The molecule has 0 spiro atoms. The van der Waals surface area contributed by atoms with Gasteiger partial charge in [0.2, 0.25) is 11.8 Å². The summed E-state index contributed by atoms with van der Waals surface area (Å²) >= 11 is 9.56. The summed E-state index contributed by atoms with van der Waals surface area (Å²) < 4.78 is 29.2. The number of carbonyl (C=O) groups excluding carboxylic acids is 2. The quantitative estimate of drug-likeness (QED) is 0.336. The first-order valence-electron chi connectivity index (χ1n) is 12.0. The van der Waals surface area contributed by atoms with Crippen LogP contribution in [-0.4, -0.2) is 43.3 Å². The average molecular weight is 621 g/mol. The molecule has 3 rings (SSSR count). The lowest BCUT2D eigenvalue weighted by molar-refractivity contribution is -0.140. The van der Waals surface area contributed by atoms with E-state index in [-0.39, 0.29) is 17.3 Å². The van der Waals surface area contributed by atoms with E-state index in [1.807, 2.05) is 20.8 Å². The van der Waals surface area contributed by atoms with E-state index in [0.29, 0.717) is 20.7 Å². The van der Waals surface area contributed by atoms with E-state index in [2.05, 4.69) is 21.2 Å². The van der Waals surface area contributed by atoms with Crippen LogP contribution in [0.5, 0.6) is 0 Å². The average Bonchev–Trinajstić information content (AvgIpc) is 2.84. The van der Waals surface area contributed by atoms with E-state index < -0.39 is 34.1 Å². The molecule has 7 nitrogen and oxygen atoms in total. The zero-order chi connectivity index (χ0) is 28.1. The second kappa shape index (κ2) is 12.3. The molecule has 10 heteroatoms. The summed E-state index contributed by atoms with van der Waals surface area (Å²) in [6, 6.07) is 20.7. The van der Waals surface area contributed by atoms with Crippen molar-refractivity contribution < 1.29 is 18.0 Å². The third-order valence-electron chi connectivity index (χ3n) is 5.61. The summed E-state index contributed by atoms with van der Waals surface area (Å²) in [7, 11) is -4.11. The van der Waals surface area contributed by atoms with E-state index in [4.69, 9.17) is 11.6 Å². The van der Waals surface area contributed by atoms with Crippen molar-refractivity contribution in [2.24, 2.45) is 0 Å². The molecule has 0 aromatic heterocycles. The Bertz CT molecular complexity index is 1390. The van der Waals surface area contributed by atoms with Crippen molar-refractivity contribution in [3.05, 3.63) is 93.9 Å². The number of hydrogen-bond donors (Lipinski definition) is 1.